The van der Waals surface area contributed by atoms with Crippen molar-refractivity contribution in [2.45, 2.75) is 34.1 Å². The van der Waals surface area contributed by atoms with E-state index in [1.807, 2.05) is 60.7 Å². The maximum absolute atomic E-state index is 11.9. The number of hydrogen-bond donors (Lipinski definition) is 2. The van der Waals surface area contributed by atoms with E-state index in [0.717, 1.165) is 16.7 Å². The molecule has 0 fully saturated rings. The monoisotopic (exact) mass is 380 g/mol. The predicted octanol–water partition coefficient (Wildman–Crippen LogP) is 5.66. The van der Waals surface area contributed by atoms with Gasteiger partial charge in [-0.25, -0.2) is 9.59 Å². The van der Waals surface area contributed by atoms with E-state index in [9.17, 15) is 14.7 Å². The lowest BCUT2D eigenvalue weighted by molar-refractivity contribution is -0.133. The van der Waals surface area contributed by atoms with Crippen molar-refractivity contribution in [3.63, 3.8) is 0 Å². The Labute approximate surface area is 166 Å². The van der Waals surface area contributed by atoms with E-state index in [2.05, 4.69) is 27.4 Å². The first-order valence-corrected chi connectivity index (χ1v) is 8.99. The second kappa shape index (κ2) is 10.3. The van der Waals surface area contributed by atoms with Gasteiger partial charge in [-0.3, -0.25) is 0 Å². The number of hydrogen-bond acceptors (Lipinski definition) is 2. The quantitative estimate of drug-likeness (QED) is 0.657. The Hall–Kier alpha value is -3.14. The van der Waals surface area contributed by atoms with Crippen molar-refractivity contribution in [3.8, 4) is 0 Å². The molecule has 2 aromatic rings. The van der Waals surface area contributed by atoms with Crippen LogP contribution in [0.2, 0.25) is 0 Å². The van der Waals surface area contributed by atoms with Gasteiger partial charge in [0.25, 0.3) is 0 Å². The Bertz CT molecular complexity index is 788. The zero-order valence-electron chi connectivity index (χ0n) is 16.9. The molecule has 0 aliphatic carbocycles. The van der Waals surface area contributed by atoms with Crippen LogP contribution in [0.25, 0.3) is 5.57 Å². The van der Waals surface area contributed by atoms with Crippen LogP contribution in [0.4, 0.5) is 0 Å². The predicted molar refractivity (Wildman–Crippen MR) is 113 cm³/mol. The summed E-state index contributed by atoms with van der Waals surface area (Å²) in [6.45, 7) is 10.8. The van der Waals surface area contributed by atoms with Crippen LogP contribution < -0.4 is 0 Å². The molecule has 4 nitrogen and oxygen atoms in total. The minimum atomic E-state index is -0.935. The smallest absolute Gasteiger partial charge is 0.332 e. The number of carbonyl (C=O) groups is 2. The van der Waals surface area contributed by atoms with Crippen molar-refractivity contribution in [1.29, 1.82) is 0 Å². The molecule has 28 heavy (non-hydrogen) atoms. The van der Waals surface area contributed by atoms with Crippen LogP contribution >= 0.6 is 0 Å². The van der Waals surface area contributed by atoms with Gasteiger partial charge >= 0.3 is 11.9 Å². The van der Waals surface area contributed by atoms with Gasteiger partial charge in [0.15, 0.2) is 0 Å². The van der Waals surface area contributed by atoms with Crippen molar-refractivity contribution in [1.82, 2.24) is 0 Å². The number of carboxylic acids is 2. The third-order valence-electron chi connectivity index (χ3n) is 3.76. The van der Waals surface area contributed by atoms with Crippen LogP contribution in [-0.2, 0) is 9.59 Å². The molecule has 0 heterocycles. The highest BCUT2D eigenvalue weighted by Gasteiger charge is 2.23. The van der Waals surface area contributed by atoms with Gasteiger partial charge in [-0.05, 0) is 35.5 Å². The van der Waals surface area contributed by atoms with Crippen molar-refractivity contribution in [2.75, 3.05) is 0 Å². The minimum Gasteiger partial charge on any atom is -0.478 e. The molecule has 4 heteroatoms. The summed E-state index contributed by atoms with van der Waals surface area (Å²) in [5.74, 6) is -1.78. The molecule has 0 saturated heterocycles. The van der Waals surface area contributed by atoms with Gasteiger partial charge < -0.3 is 10.2 Å². The summed E-state index contributed by atoms with van der Waals surface area (Å²) in [5.41, 5.74) is 3.23. The maximum Gasteiger partial charge on any atom is 0.332 e. The zero-order valence-corrected chi connectivity index (χ0v) is 16.9. The lowest BCUT2D eigenvalue weighted by Crippen LogP contribution is -2.14. The van der Waals surface area contributed by atoms with Gasteiger partial charge in [0.2, 0.25) is 0 Å². The highest BCUT2D eigenvalue weighted by molar-refractivity contribution is 6.00. The summed E-state index contributed by atoms with van der Waals surface area (Å²) in [4.78, 5) is 21.5. The molecule has 0 spiro atoms. The molecule has 2 rings (SSSR count). The van der Waals surface area contributed by atoms with Gasteiger partial charge in [-0.15, -0.1) is 0 Å². The summed E-state index contributed by atoms with van der Waals surface area (Å²) >= 11 is 0. The average molecular weight is 380 g/mol. The van der Waals surface area contributed by atoms with Crippen molar-refractivity contribution >= 4 is 17.5 Å². The molecule has 0 unspecified atom stereocenters. The summed E-state index contributed by atoms with van der Waals surface area (Å²) in [5, 5.41) is 17.7. The second-order valence-electron chi connectivity index (χ2n) is 7.71. The van der Waals surface area contributed by atoms with Gasteiger partial charge in [0.05, 0.1) is 0 Å². The third kappa shape index (κ3) is 7.62. The molecular weight excluding hydrogens is 352 g/mol. The summed E-state index contributed by atoms with van der Waals surface area (Å²) < 4.78 is 0. The van der Waals surface area contributed by atoms with Gasteiger partial charge in [0, 0.05) is 11.1 Å². The van der Waals surface area contributed by atoms with Crippen LogP contribution in [0.5, 0.6) is 0 Å². The number of rotatable bonds is 5. The standard InChI is InChI=1S/C20H22O2.C4H6O2/c1-20(2,3)14-17(19(21)22)18(15-10-6-4-7-11-15)16-12-8-5-9-13-16;1-3(2)4(5)6/h4-13H,14H2,1-3H3,(H,21,22);1H2,2H3,(H,5,6). The fourth-order valence-electron chi connectivity index (χ4n) is 2.53. The van der Waals surface area contributed by atoms with E-state index in [-0.39, 0.29) is 11.0 Å². The van der Waals surface area contributed by atoms with Crippen molar-refractivity contribution in [2.24, 2.45) is 5.41 Å². The molecule has 0 atom stereocenters. The van der Waals surface area contributed by atoms with E-state index in [1.165, 1.54) is 6.92 Å². The summed E-state index contributed by atoms with van der Waals surface area (Å²) in [6.07, 6.45) is 0.515. The Morgan fingerprint density at radius 2 is 1.18 bits per heavy atom. The van der Waals surface area contributed by atoms with Gasteiger partial charge in [-0.1, -0.05) is 88.0 Å². The second-order valence-corrected chi connectivity index (χ2v) is 7.71. The lowest BCUT2D eigenvalue weighted by atomic mass is 9.83. The topological polar surface area (TPSA) is 74.6 Å². The van der Waals surface area contributed by atoms with E-state index < -0.39 is 11.9 Å². The molecule has 0 saturated carbocycles. The normalized spacial score (nSPS) is 10.3. The lowest BCUT2D eigenvalue weighted by Gasteiger charge is -2.21. The largest absolute Gasteiger partial charge is 0.478 e. The summed E-state index contributed by atoms with van der Waals surface area (Å²) in [6, 6.07) is 19.5. The molecule has 0 aromatic heterocycles. The first-order valence-electron chi connectivity index (χ1n) is 8.99. The number of aliphatic carboxylic acids is 2. The van der Waals surface area contributed by atoms with Crippen LogP contribution in [0.1, 0.15) is 45.2 Å². The van der Waals surface area contributed by atoms with Crippen LogP contribution in [0, 0.1) is 5.41 Å². The van der Waals surface area contributed by atoms with Gasteiger partial charge in [-0.2, -0.15) is 0 Å². The van der Waals surface area contributed by atoms with E-state index >= 15 is 0 Å². The van der Waals surface area contributed by atoms with Gasteiger partial charge in [0.1, 0.15) is 0 Å². The van der Waals surface area contributed by atoms with Crippen LogP contribution in [0.15, 0.2) is 78.4 Å². The Morgan fingerprint density at radius 1 is 0.821 bits per heavy atom. The van der Waals surface area contributed by atoms with Crippen molar-refractivity contribution < 1.29 is 19.8 Å². The SMILES string of the molecule is C=C(C)C(=O)O.CC(C)(C)CC(C(=O)O)=C(c1ccccc1)c1ccccc1. The Kier molecular flexibility index (Phi) is 8.39. The summed E-state index contributed by atoms with van der Waals surface area (Å²) in [7, 11) is 0. The van der Waals surface area contributed by atoms with Crippen LogP contribution in [-0.4, -0.2) is 22.2 Å². The minimum absolute atomic E-state index is 0.0947. The zero-order chi connectivity index (χ0) is 21.3. The highest BCUT2D eigenvalue weighted by Crippen LogP contribution is 2.33. The Balaban J connectivity index is 0.000000568. The number of benzene rings is 2. The molecule has 148 valence electrons. The highest BCUT2D eigenvalue weighted by atomic mass is 16.4. The molecule has 2 aromatic carbocycles. The van der Waals surface area contributed by atoms with Crippen LogP contribution in [0.3, 0.4) is 0 Å². The molecule has 0 amide bonds. The first kappa shape index (κ1) is 22.9. The molecule has 0 aliphatic heterocycles. The van der Waals surface area contributed by atoms with Crippen molar-refractivity contribution in [3.05, 3.63) is 89.5 Å². The molecule has 2 N–H and O–H groups in total. The molecular formula is C24H28O4. The maximum atomic E-state index is 11.9. The van der Waals surface area contributed by atoms with E-state index in [4.69, 9.17) is 5.11 Å². The Morgan fingerprint density at radius 3 is 1.43 bits per heavy atom. The van der Waals surface area contributed by atoms with E-state index in [0.29, 0.717) is 12.0 Å². The fourth-order valence-corrected chi connectivity index (χ4v) is 2.53. The molecule has 0 aliphatic rings. The first-order chi connectivity index (χ1) is 13.0. The fraction of sp³-hybridized carbons (Fsp3) is 0.250. The number of carboxylic acid groups (broad SMARTS) is 2. The molecule has 0 bridgehead atoms. The third-order valence-corrected chi connectivity index (χ3v) is 3.76. The molecule has 0 radical (unpaired) electrons. The average Bonchev–Trinajstić information content (AvgIpc) is 2.62. The van der Waals surface area contributed by atoms with E-state index in [1.54, 1.807) is 0 Å².